The van der Waals surface area contributed by atoms with Crippen molar-refractivity contribution >= 4 is 0 Å². The van der Waals surface area contributed by atoms with E-state index in [-0.39, 0.29) is 12.2 Å². The van der Waals surface area contributed by atoms with Crippen LogP contribution in [-0.4, -0.2) is 51.8 Å². The number of ether oxygens (including phenoxy) is 2. The van der Waals surface area contributed by atoms with Gasteiger partial charge in [0.25, 0.3) is 0 Å². The summed E-state index contributed by atoms with van der Waals surface area (Å²) >= 11 is -3.76. The van der Waals surface area contributed by atoms with E-state index < -0.39 is 18.1 Å². The Morgan fingerprint density at radius 2 is 1.05 bits per heavy atom. The minimum atomic E-state index is -3.76. The second-order valence-electron chi connectivity index (χ2n) is 4.92. The molecule has 0 saturated heterocycles. The summed E-state index contributed by atoms with van der Waals surface area (Å²) in [6.07, 6.45) is -0.0501. The van der Waals surface area contributed by atoms with Gasteiger partial charge in [0.1, 0.15) is 0 Å². The maximum absolute atomic E-state index is 5.92. The topological polar surface area (TPSA) is 55.4 Å². The second kappa shape index (κ2) is 13.0. The van der Waals surface area contributed by atoms with Gasteiger partial charge in [-0.2, -0.15) is 0 Å². The molecule has 0 N–H and O–H groups in total. The molecule has 21 heavy (non-hydrogen) atoms. The SMILES string of the molecule is CCOCC[O][Ti]([O]CCOCC)([O]C(C)C)[O]C(C)C. The zero-order valence-corrected chi connectivity index (χ0v) is 15.9. The van der Waals surface area contributed by atoms with Crippen LogP contribution in [0.4, 0.5) is 0 Å². The molecular formula is C14H32O6Ti. The van der Waals surface area contributed by atoms with Crippen molar-refractivity contribution in [2.24, 2.45) is 0 Å². The van der Waals surface area contributed by atoms with Crippen LogP contribution in [0.25, 0.3) is 0 Å². The summed E-state index contributed by atoms with van der Waals surface area (Å²) in [6.45, 7) is 14.8. The van der Waals surface area contributed by atoms with E-state index in [1.807, 2.05) is 41.5 Å². The predicted octanol–water partition coefficient (Wildman–Crippen LogP) is 2.76. The van der Waals surface area contributed by atoms with E-state index in [1.165, 1.54) is 0 Å². The van der Waals surface area contributed by atoms with E-state index >= 15 is 0 Å². The van der Waals surface area contributed by atoms with Crippen LogP contribution < -0.4 is 0 Å². The van der Waals surface area contributed by atoms with Gasteiger partial charge < -0.3 is 0 Å². The van der Waals surface area contributed by atoms with Gasteiger partial charge in [-0.1, -0.05) is 0 Å². The van der Waals surface area contributed by atoms with Crippen LogP contribution in [0.2, 0.25) is 0 Å². The molecule has 0 heterocycles. The summed E-state index contributed by atoms with van der Waals surface area (Å²) in [5.41, 5.74) is 0. The van der Waals surface area contributed by atoms with Crippen molar-refractivity contribution in [3.8, 4) is 0 Å². The van der Waals surface area contributed by atoms with E-state index in [2.05, 4.69) is 0 Å². The Morgan fingerprint density at radius 1 is 0.667 bits per heavy atom. The van der Waals surface area contributed by atoms with Crippen LogP contribution in [-0.2, 0) is 40.9 Å². The number of rotatable bonds is 14. The quantitative estimate of drug-likeness (QED) is 0.357. The molecule has 0 unspecified atom stereocenters. The Balaban J connectivity index is 4.59. The van der Waals surface area contributed by atoms with Crippen LogP contribution in [0, 0.1) is 0 Å². The van der Waals surface area contributed by atoms with Crippen LogP contribution in [0.15, 0.2) is 0 Å². The van der Waals surface area contributed by atoms with Crippen molar-refractivity contribution in [1.29, 1.82) is 0 Å². The van der Waals surface area contributed by atoms with Gasteiger partial charge in [0.2, 0.25) is 0 Å². The second-order valence-corrected chi connectivity index (χ2v) is 8.12. The molecule has 7 heteroatoms. The van der Waals surface area contributed by atoms with Gasteiger partial charge in [-0.25, -0.2) is 0 Å². The molecule has 6 nitrogen and oxygen atoms in total. The first-order valence-corrected chi connectivity index (χ1v) is 10.3. The average molecular weight is 344 g/mol. The number of hydrogen-bond donors (Lipinski definition) is 0. The van der Waals surface area contributed by atoms with Crippen molar-refractivity contribution in [1.82, 2.24) is 0 Å². The standard InChI is InChI=1S/2C4H9O2.2C3H7O.Ti/c2*1-2-6-4-3-5;2*1-3(2)4;/h2*2-4H2,1H3;2*3H,1-2H3;/q4*-1;+4. The van der Waals surface area contributed by atoms with Gasteiger partial charge in [0.15, 0.2) is 0 Å². The van der Waals surface area contributed by atoms with Crippen molar-refractivity contribution in [3.63, 3.8) is 0 Å². The maximum atomic E-state index is 5.92. The van der Waals surface area contributed by atoms with Gasteiger partial charge in [-0.3, -0.25) is 0 Å². The molecule has 0 saturated carbocycles. The predicted molar refractivity (Wildman–Crippen MR) is 77.3 cm³/mol. The van der Waals surface area contributed by atoms with Crippen molar-refractivity contribution in [3.05, 3.63) is 0 Å². The molecule has 0 rings (SSSR count). The first-order valence-electron chi connectivity index (χ1n) is 7.74. The molecule has 0 fully saturated rings. The molecule has 0 aliphatic heterocycles. The van der Waals surface area contributed by atoms with E-state index in [9.17, 15) is 0 Å². The third-order valence-electron chi connectivity index (χ3n) is 2.18. The summed E-state index contributed by atoms with van der Waals surface area (Å²) in [7, 11) is 0. The molecule has 0 aromatic heterocycles. The van der Waals surface area contributed by atoms with Crippen molar-refractivity contribution < 1.29 is 40.9 Å². The summed E-state index contributed by atoms with van der Waals surface area (Å²) in [5, 5.41) is 0. The molecule has 0 radical (unpaired) electrons. The Morgan fingerprint density at radius 3 is 1.33 bits per heavy atom. The van der Waals surface area contributed by atoms with Gasteiger partial charge in [-0.05, 0) is 0 Å². The first-order chi connectivity index (χ1) is 9.95. The van der Waals surface area contributed by atoms with Gasteiger partial charge in [0, 0.05) is 0 Å². The van der Waals surface area contributed by atoms with E-state index in [4.69, 9.17) is 22.7 Å². The van der Waals surface area contributed by atoms with Gasteiger partial charge >= 0.3 is 134 Å². The van der Waals surface area contributed by atoms with E-state index in [0.29, 0.717) is 39.6 Å². The Kier molecular flexibility index (Phi) is 13.3. The van der Waals surface area contributed by atoms with Crippen LogP contribution in [0.3, 0.4) is 0 Å². The first kappa shape index (κ1) is 21.5. The number of hydrogen-bond acceptors (Lipinski definition) is 6. The normalized spacial score (nSPS) is 12.6. The molecule has 0 bridgehead atoms. The summed E-state index contributed by atoms with van der Waals surface area (Å²) in [6, 6.07) is 0. The Hall–Kier alpha value is 0.474. The van der Waals surface area contributed by atoms with Crippen LogP contribution >= 0.6 is 0 Å². The monoisotopic (exact) mass is 344 g/mol. The van der Waals surface area contributed by atoms with E-state index in [1.54, 1.807) is 0 Å². The fourth-order valence-corrected chi connectivity index (χ4v) is 5.01. The molecule has 0 aliphatic rings. The van der Waals surface area contributed by atoms with Crippen LogP contribution in [0.1, 0.15) is 41.5 Å². The van der Waals surface area contributed by atoms with Gasteiger partial charge in [0.05, 0.1) is 0 Å². The Labute approximate surface area is 134 Å². The molecule has 0 aromatic rings. The zero-order valence-electron chi connectivity index (χ0n) is 14.3. The Bertz CT molecular complexity index is 214. The van der Waals surface area contributed by atoms with Crippen molar-refractivity contribution in [2.45, 2.75) is 53.8 Å². The summed E-state index contributed by atoms with van der Waals surface area (Å²) < 4.78 is 34.2. The molecule has 0 aliphatic carbocycles. The fourth-order valence-electron chi connectivity index (χ4n) is 1.52. The average Bonchev–Trinajstić information content (AvgIpc) is 2.38. The molecular weight excluding hydrogens is 312 g/mol. The van der Waals surface area contributed by atoms with Crippen LogP contribution in [0.5, 0.6) is 0 Å². The zero-order chi connectivity index (χ0) is 16.1. The molecule has 0 amide bonds. The summed E-state index contributed by atoms with van der Waals surface area (Å²) in [5.74, 6) is 0. The van der Waals surface area contributed by atoms with Crippen molar-refractivity contribution in [2.75, 3.05) is 39.6 Å². The molecule has 0 aromatic carbocycles. The third-order valence-corrected chi connectivity index (χ3v) is 6.30. The molecule has 0 atom stereocenters. The van der Waals surface area contributed by atoms with Gasteiger partial charge in [-0.15, -0.1) is 0 Å². The summed E-state index contributed by atoms with van der Waals surface area (Å²) in [4.78, 5) is 0. The van der Waals surface area contributed by atoms with E-state index in [0.717, 1.165) is 0 Å². The minimum absolute atomic E-state index is 0.0251. The fraction of sp³-hybridized carbons (Fsp3) is 1.00. The third kappa shape index (κ3) is 11.7. The molecule has 128 valence electrons. The molecule has 0 spiro atoms.